The summed E-state index contributed by atoms with van der Waals surface area (Å²) < 4.78 is 0. The predicted molar refractivity (Wildman–Crippen MR) is 88.8 cm³/mol. The van der Waals surface area contributed by atoms with Crippen molar-refractivity contribution >= 4 is 11.9 Å². The molecule has 3 amide bonds. The molecule has 0 radical (unpaired) electrons. The maximum Gasteiger partial charge on any atom is 0.317 e. The fraction of sp³-hybridized carbons (Fsp3) is 0.588. The van der Waals surface area contributed by atoms with Gasteiger partial charge in [-0.3, -0.25) is 9.78 Å². The van der Waals surface area contributed by atoms with E-state index in [2.05, 4.69) is 10.3 Å². The van der Waals surface area contributed by atoms with Crippen LogP contribution in [-0.2, 0) is 11.3 Å². The summed E-state index contributed by atoms with van der Waals surface area (Å²) in [4.78, 5) is 31.6. The van der Waals surface area contributed by atoms with Crippen LogP contribution in [0.4, 0.5) is 4.79 Å². The highest BCUT2D eigenvalue weighted by atomic mass is 16.2. The summed E-state index contributed by atoms with van der Waals surface area (Å²) in [6.45, 7) is 3.85. The van der Waals surface area contributed by atoms with Crippen LogP contribution < -0.4 is 5.32 Å². The van der Waals surface area contributed by atoms with Gasteiger partial charge in [-0.15, -0.1) is 0 Å². The third kappa shape index (κ3) is 5.23. The lowest BCUT2D eigenvalue weighted by Gasteiger charge is -2.32. The Balaban J connectivity index is 1.73. The summed E-state index contributed by atoms with van der Waals surface area (Å²) in [5, 5.41) is 2.93. The number of likely N-dealkylation sites (tertiary alicyclic amines) is 1. The number of carbonyl (C=O) groups is 2. The number of hydrogen-bond donors (Lipinski definition) is 1. The lowest BCUT2D eigenvalue weighted by atomic mass is 9.93. The Morgan fingerprint density at radius 3 is 2.57 bits per heavy atom. The van der Waals surface area contributed by atoms with Crippen LogP contribution >= 0.6 is 0 Å². The topological polar surface area (TPSA) is 65.5 Å². The lowest BCUT2D eigenvalue weighted by Crippen LogP contribution is -2.44. The van der Waals surface area contributed by atoms with Gasteiger partial charge in [0.05, 0.1) is 0 Å². The zero-order chi connectivity index (χ0) is 16.8. The second-order valence-electron chi connectivity index (χ2n) is 6.39. The van der Waals surface area contributed by atoms with Gasteiger partial charge in [0.1, 0.15) is 0 Å². The Morgan fingerprint density at radius 1 is 1.30 bits per heavy atom. The summed E-state index contributed by atoms with van der Waals surface area (Å²) in [7, 11) is 3.57. The first kappa shape index (κ1) is 17.2. The van der Waals surface area contributed by atoms with E-state index in [0.29, 0.717) is 32.0 Å². The lowest BCUT2D eigenvalue weighted by molar-refractivity contribution is -0.129. The van der Waals surface area contributed by atoms with Crippen LogP contribution in [0.2, 0.25) is 0 Å². The van der Waals surface area contributed by atoms with Crippen LogP contribution in [0, 0.1) is 12.8 Å². The molecule has 1 aromatic rings. The van der Waals surface area contributed by atoms with Crippen LogP contribution in [0.25, 0.3) is 0 Å². The number of nitrogens with one attached hydrogen (secondary N) is 1. The molecule has 1 N–H and O–H groups in total. The van der Waals surface area contributed by atoms with Gasteiger partial charge in [-0.05, 0) is 37.3 Å². The molecule has 0 bridgehead atoms. The fourth-order valence-electron chi connectivity index (χ4n) is 2.66. The van der Waals surface area contributed by atoms with Crippen molar-refractivity contribution in [3.05, 3.63) is 29.6 Å². The standard InChI is InChI=1S/C17H26N4O2/c1-13-4-5-15(11-18-13)12-19-17(23)21-8-6-14(7-9-21)10-16(22)20(2)3/h4-5,11,14H,6-10,12H2,1-3H3,(H,19,23). The van der Waals surface area contributed by atoms with Gasteiger partial charge in [-0.2, -0.15) is 0 Å². The normalized spacial score (nSPS) is 15.3. The van der Waals surface area contributed by atoms with Crippen molar-refractivity contribution in [3.63, 3.8) is 0 Å². The van der Waals surface area contributed by atoms with E-state index >= 15 is 0 Å². The second-order valence-corrected chi connectivity index (χ2v) is 6.39. The van der Waals surface area contributed by atoms with Crippen molar-refractivity contribution < 1.29 is 9.59 Å². The van der Waals surface area contributed by atoms with Gasteiger partial charge in [0.2, 0.25) is 5.91 Å². The molecule has 1 fully saturated rings. The Morgan fingerprint density at radius 2 is 2.00 bits per heavy atom. The third-order valence-electron chi connectivity index (χ3n) is 4.28. The van der Waals surface area contributed by atoms with Gasteiger partial charge in [0.25, 0.3) is 0 Å². The summed E-state index contributed by atoms with van der Waals surface area (Å²) in [6, 6.07) is 3.87. The largest absolute Gasteiger partial charge is 0.349 e. The van der Waals surface area contributed by atoms with E-state index in [1.165, 1.54) is 0 Å². The van der Waals surface area contributed by atoms with Crippen LogP contribution in [0.5, 0.6) is 0 Å². The first-order valence-electron chi connectivity index (χ1n) is 8.10. The molecule has 23 heavy (non-hydrogen) atoms. The van der Waals surface area contributed by atoms with E-state index in [9.17, 15) is 9.59 Å². The van der Waals surface area contributed by atoms with E-state index < -0.39 is 0 Å². The van der Waals surface area contributed by atoms with E-state index in [-0.39, 0.29) is 11.9 Å². The zero-order valence-electron chi connectivity index (χ0n) is 14.2. The van der Waals surface area contributed by atoms with Crippen molar-refractivity contribution in [2.24, 2.45) is 5.92 Å². The van der Waals surface area contributed by atoms with Crippen molar-refractivity contribution in [3.8, 4) is 0 Å². The van der Waals surface area contributed by atoms with E-state index in [1.54, 1.807) is 25.2 Å². The molecule has 1 saturated heterocycles. The highest BCUT2D eigenvalue weighted by Gasteiger charge is 2.24. The molecular weight excluding hydrogens is 292 g/mol. The van der Waals surface area contributed by atoms with Gasteiger partial charge >= 0.3 is 6.03 Å². The summed E-state index contributed by atoms with van der Waals surface area (Å²) >= 11 is 0. The molecule has 0 spiro atoms. The minimum Gasteiger partial charge on any atom is -0.349 e. The van der Waals surface area contributed by atoms with Gasteiger partial charge in [0, 0.05) is 52.0 Å². The smallest absolute Gasteiger partial charge is 0.317 e. The Kier molecular flexibility index (Phi) is 5.96. The van der Waals surface area contributed by atoms with Crippen LogP contribution in [0.3, 0.4) is 0 Å². The average Bonchev–Trinajstić information content (AvgIpc) is 2.54. The highest BCUT2D eigenvalue weighted by molar-refractivity contribution is 5.76. The molecule has 0 aliphatic carbocycles. The number of urea groups is 1. The number of pyridine rings is 1. The summed E-state index contributed by atoms with van der Waals surface area (Å²) in [5.74, 6) is 0.551. The Labute approximate surface area is 137 Å². The molecule has 1 aromatic heterocycles. The number of rotatable bonds is 4. The van der Waals surface area contributed by atoms with E-state index in [0.717, 1.165) is 24.1 Å². The van der Waals surface area contributed by atoms with E-state index in [1.807, 2.05) is 24.0 Å². The molecule has 2 rings (SSSR count). The molecule has 6 heteroatoms. The third-order valence-corrected chi connectivity index (χ3v) is 4.28. The van der Waals surface area contributed by atoms with Crippen molar-refractivity contribution in [1.29, 1.82) is 0 Å². The van der Waals surface area contributed by atoms with Crippen molar-refractivity contribution in [2.75, 3.05) is 27.2 Å². The minimum absolute atomic E-state index is 0.0389. The Hall–Kier alpha value is -2.11. The molecule has 0 atom stereocenters. The number of piperidine rings is 1. The molecule has 1 aliphatic heterocycles. The molecule has 0 unspecified atom stereocenters. The quantitative estimate of drug-likeness (QED) is 0.920. The highest BCUT2D eigenvalue weighted by Crippen LogP contribution is 2.21. The molecule has 0 aromatic carbocycles. The molecular formula is C17H26N4O2. The van der Waals surface area contributed by atoms with Gasteiger partial charge in [0.15, 0.2) is 0 Å². The number of nitrogens with zero attached hydrogens (tertiary/aromatic N) is 3. The van der Waals surface area contributed by atoms with Gasteiger partial charge in [-0.25, -0.2) is 4.79 Å². The first-order valence-corrected chi connectivity index (χ1v) is 8.10. The van der Waals surface area contributed by atoms with E-state index in [4.69, 9.17) is 0 Å². The van der Waals surface area contributed by atoms with Gasteiger partial charge < -0.3 is 15.1 Å². The monoisotopic (exact) mass is 318 g/mol. The molecule has 0 saturated carbocycles. The maximum absolute atomic E-state index is 12.2. The van der Waals surface area contributed by atoms with Crippen LogP contribution in [-0.4, -0.2) is 53.9 Å². The number of carbonyl (C=O) groups excluding carboxylic acids is 2. The summed E-state index contributed by atoms with van der Waals surface area (Å²) in [6.07, 6.45) is 4.14. The van der Waals surface area contributed by atoms with Crippen LogP contribution in [0.15, 0.2) is 18.3 Å². The minimum atomic E-state index is -0.0389. The van der Waals surface area contributed by atoms with Crippen molar-refractivity contribution in [2.45, 2.75) is 32.7 Å². The van der Waals surface area contributed by atoms with Crippen LogP contribution in [0.1, 0.15) is 30.5 Å². The zero-order valence-corrected chi connectivity index (χ0v) is 14.2. The number of aryl methyl sites for hydroxylation is 1. The molecule has 6 nitrogen and oxygen atoms in total. The summed E-state index contributed by atoms with van der Waals surface area (Å²) in [5.41, 5.74) is 1.96. The number of amides is 3. The average molecular weight is 318 g/mol. The first-order chi connectivity index (χ1) is 11.0. The maximum atomic E-state index is 12.2. The number of aromatic nitrogens is 1. The van der Waals surface area contributed by atoms with Crippen molar-refractivity contribution in [1.82, 2.24) is 20.1 Å². The fourth-order valence-corrected chi connectivity index (χ4v) is 2.66. The molecule has 126 valence electrons. The SMILES string of the molecule is Cc1ccc(CNC(=O)N2CCC(CC(=O)N(C)C)CC2)cn1. The van der Waals surface area contributed by atoms with Gasteiger partial charge in [-0.1, -0.05) is 6.07 Å². The molecule has 1 aliphatic rings. The number of hydrogen-bond acceptors (Lipinski definition) is 3. The predicted octanol–water partition coefficient (Wildman–Crippen LogP) is 1.79. The molecule has 2 heterocycles. The Bertz CT molecular complexity index is 534. The second kappa shape index (κ2) is 7.94.